The smallest absolute Gasteiger partial charge is 0.240 e. The Balaban J connectivity index is 3.09. The first-order valence-electron chi connectivity index (χ1n) is 8.70. The lowest BCUT2D eigenvalue weighted by Crippen LogP contribution is -2.60. The molecule has 1 amide bonds. The number of hydrogen-bond acceptors (Lipinski definition) is 3. The number of carbonyl (C=O) groups is 2. The van der Waals surface area contributed by atoms with Crippen LogP contribution in [0.25, 0.3) is 0 Å². The van der Waals surface area contributed by atoms with Gasteiger partial charge in [0, 0.05) is 18.0 Å². The highest BCUT2D eigenvalue weighted by molar-refractivity contribution is 5.84. The van der Waals surface area contributed by atoms with Crippen molar-refractivity contribution in [3.63, 3.8) is 0 Å². The molecule has 1 atom stereocenters. The van der Waals surface area contributed by atoms with E-state index in [1.54, 1.807) is 6.92 Å². The average Bonchev–Trinajstić information content (AvgIpc) is 2.38. The average molecular weight is 310 g/mol. The molecule has 1 N–H and O–H groups in total. The Morgan fingerprint density at radius 3 is 2.14 bits per heavy atom. The minimum atomic E-state index is -0.422. The molecule has 4 heteroatoms. The molecule has 0 heterocycles. The van der Waals surface area contributed by atoms with Gasteiger partial charge in [0.15, 0.2) is 0 Å². The van der Waals surface area contributed by atoms with Crippen LogP contribution in [0.15, 0.2) is 0 Å². The van der Waals surface area contributed by atoms with Gasteiger partial charge in [-0.25, -0.2) is 0 Å². The van der Waals surface area contributed by atoms with Crippen LogP contribution in [-0.4, -0.2) is 41.3 Å². The molecule has 0 aromatic carbocycles. The van der Waals surface area contributed by atoms with Gasteiger partial charge < -0.3 is 10.2 Å². The molecule has 0 unspecified atom stereocenters. The molecule has 1 saturated carbocycles. The van der Waals surface area contributed by atoms with Crippen LogP contribution in [0.1, 0.15) is 73.1 Å². The second-order valence-electron chi connectivity index (χ2n) is 7.70. The van der Waals surface area contributed by atoms with Crippen molar-refractivity contribution < 1.29 is 9.59 Å². The van der Waals surface area contributed by atoms with Crippen LogP contribution >= 0.6 is 0 Å². The van der Waals surface area contributed by atoms with E-state index >= 15 is 0 Å². The molecule has 1 fully saturated rings. The first kappa shape index (κ1) is 19.1. The van der Waals surface area contributed by atoms with Crippen LogP contribution in [0.5, 0.6) is 0 Å². The summed E-state index contributed by atoms with van der Waals surface area (Å²) in [5.74, 6) is 0.525. The van der Waals surface area contributed by atoms with E-state index in [-0.39, 0.29) is 29.7 Å². The van der Waals surface area contributed by atoms with Crippen LogP contribution in [0.2, 0.25) is 0 Å². The summed E-state index contributed by atoms with van der Waals surface area (Å²) in [7, 11) is 1.85. The van der Waals surface area contributed by atoms with Gasteiger partial charge in [0.1, 0.15) is 5.78 Å². The van der Waals surface area contributed by atoms with Gasteiger partial charge in [0.2, 0.25) is 5.91 Å². The van der Waals surface area contributed by atoms with Crippen molar-refractivity contribution in [1.29, 1.82) is 0 Å². The van der Waals surface area contributed by atoms with Crippen molar-refractivity contribution in [3.8, 4) is 0 Å². The third kappa shape index (κ3) is 4.80. The van der Waals surface area contributed by atoms with Gasteiger partial charge in [-0.05, 0) is 46.6 Å². The zero-order chi connectivity index (χ0) is 16.9. The monoisotopic (exact) mass is 310 g/mol. The Labute approximate surface area is 136 Å². The second-order valence-corrected chi connectivity index (χ2v) is 7.70. The highest BCUT2D eigenvalue weighted by Crippen LogP contribution is 2.31. The highest BCUT2D eigenvalue weighted by atomic mass is 16.2. The number of Topliss-reactive ketones (excluding diaryl/α,β-unsaturated/α-hetero) is 1. The number of likely N-dealkylation sites (N-methyl/N-ethyl adjacent to an activating group) is 1. The van der Waals surface area contributed by atoms with Crippen LogP contribution in [0.4, 0.5) is 0 Å². The van der Waals surface area contributed by atoms with E-state index in [0.717, 1.165) is 12.8 Å². The molecule has 1 aliphatic carbocycles. The van der Waals surface area contributed by atoms with Gasteiger partial charge in [-0.3, -0.25) is 9.59 Å². The fraction of sp³-hybridized carbons (Fsp3) is 0.889. The quantitative estimate of drug-likeness (QED) is 0.786. The summed E-state index contributed by atoms with van der Waals surface area (Å²) in [5, 5.41) is 3.17. The normalized spacial score (nSPS) is 18.3. The molecule has 0 radical (unpaired) electrons. The molecule has 0 saturated heterocycles. The number of ketones is 1. The molecule has 128 valence electrons. The Kier molecular flexibility index (Phi) is 7.04. The van der Waals surface area contributed by atoms with Crippen molar-refractivity contribution in [2.45, 2.75) is 90.8 Å². The Morgan fingerprint density at radius 1 is 1.18 bits per heavy atom. The standard InChI is InChI=1S/C18H34N2O2/c1-13(2)16(19-6)17(22)20(15-10-8-7-9-11-15)18(4,5)12-14(3)21/h13,15-16,19H,7-12H2,1-6H3/t16-/m0/s1. The van der Waals surface area contributed by atoms with Crippen molar-refractivity contribution in [1.82, 2.24) is 10.2 Å². The fourth-order valence-electron chi connectivity index (χ4n) is 3.90. The lowest BCUT2D eigenvalue weighted by atomic mass is 9.86. The predicted molar refractivity (Wildman–Crippen MR) is 90.8 cm³/mol. The maximum Gasteiger partial charge on any atom is 0.240 e. The van der Waals surface area contributed by atoms with Crippen LogP contribution in [-0.2, 0) is 9.59 Å². The molecular formula is C18H34N2O2. The Bertz CT molecular complexity index is 385. The summed E-state index contributed by atoms with van der Waals surface area (Å²) in [5.41, 5.74) is -0.422. The molecular weight excluding hydrogens is 276 g/mol. The Morgan fingerprint density at radius 2 is 1.73 bits per heavy atom. The van der Waals surface area contributed by atoms with Crippen molar-refractivity contribution in [2.24, 2.45) is 5.92 Å². The van der Waals surface area contributed by atoms with E-state index in [0.29, 0.717) is 6.42 Å². The van der Waals surface area contributed by atoms with E-state index in [1.165, 1.54) is 19.3 Å². The zero-order valence-corrected chi connectivity index (χ0v) is 15.2. The summed E-state index contributed by atoms with van der Waals surface area (Å²) < 4.78 is 0. The third-order valence-corrected chi connectivity index (χ3v) is 4.75. The molecule has 0 bridgehead atoms. The number of carbonyl (C=O) groups excluding carboxylic acids is 2. The van der Waals surface area contributed by atoms with E-state index in [2.05, 4.69) is 19.2 Å². The lowest BCUT2D eigenvalue weighted by Gasteiger charge is -2.47. The number of amides is 1. The van der Waals surface area contributed by atoms with Crippen LogP contribution in [0.3, 0.4) is 0 Å². The summed E-state index contributed by atoms with van der Waals surface area (Å²) in [6.07, 6.45) is 6.14. The van der Waals surface area contributed by atoms with Crippen LogP contribution in [0, 0.1) is 5.92 Å². The molecule has 4 nitrogen and oxygen atoms in total. The molecule has 1 aliphatic rings. The van der Waals surface area contributed by atoms with Crippen molar-refractivity contribution >= 4 is 11.7 Å². The number of rotatable bonds is 7. The summed E-state index contributed by atoms with van der Waals surface area (Å²) >= 11 is 0. The molecule has 0 aliphatic heterocycles. The topological polar surface area (TPSA) is 49.4 Å². The largest absolute Gasteiger partial charge is 0.333 e. The number of hydrogen-bond donors (Lipinski definition) is 1. The number of nitrogens with zero attached hydrogens (tertiary/aromatic N) is 1. The molecule has 0 aromatic heterocycles. The molecule has 0 aromatic rings. The molecule has 0 spiro atoms. The van der Waals surface area contributed by atoms with Crippen molar-refractivity contribution in [2.75, 3.05) is 7.05 Å². The van der Waals surface area contributed by atoms with E-state index < -0.39 is 5.54 Å². The fourth-order valence-corrected chi connectivity index (χ4v) is 3.90. The molecule has 1 rings (SSSR count). The first-order valence-corrected chi connectivity index (χ1v) is 8.70. The van der Waals surface area contributed by atoms with Gasteiger partial charge in [-0.15, -0.1) is 0 Å². The second kappa shape index (κ2) is 8.09. The van der Waals surface area contributed by atoms with Gasteiger partial charge in [0.05, 0.1) is 6.04 Å². The van der Waals surface area contributed by atoms with Crippen molar-refractivity contribution in [3.05, 3.63) is 0 Å². The maximum absolute atomic E-state index is 13.2. The van der Waals surface area contributed by atoms with Gasteiger partial charge in [0.25, 0.3) is 0 Å². The summed E-state index contributed by atoms with van der Waals surface area (Å²) in [6.45, 7) is 9.82. The minimum absolute atomic E-state index is 0.143. The number of nitrogens with one attached hydrogen (secondary N) is 1. The predicted octanol–water partition coefficient (Wildman–Crippen LogP) is 3.15. The maximum atomic E-state index is 13.2. The summed E-state index contributed by atoms with van der Waals surface area (Å²) in [6, 6.07) is 0.0818. The highest BCUT2D eigenvalue weighted by Gasteiger charge is 2.40. The van der Waals surface area contributed by atoms with E-state index in [1.807, 2.05) is 25.8 Å². The van der Waals surface area contributed by atoms with Crippen LogP contribution < -0.4 is 5.32 Å². The first-order chi connectivity index (χ1) is 10.2. The van der Waals surface area contributed by atoms with E-state index in [9.17, 15) is 9.59 Å². The third-order valence-electron chi connectivity index (χ3n) is 4.75. The SMILES string of the molecule is CN[C@H](C(=O)N(C1CCCCC1)C(C)(C)CC(C)=O)C(C)C. The van der Waals surface area contributed by atoms with E-state index in [4.69, 9.17) is 0 Å². The Hall–Kier alpha value is -0.900. The lowest BCUT2D eigenvalue weighted by molar-refractivity contribution is -0.145. The zero-order valence-electron chi connectivity index (χ0n) is 15.2. The molecule has 22 heavy (non-hydrogen) atoms. The van der Waals surface area contributed by atoms with Gasteiger partial charge in [-0.2, -0.15) is 0 Å². The van der Waals surface area contributed by atoms with Gasteiger partial charge in [-0.1, -0.05) is 33.1 Å². The summed E-state index contributed by atoms with van der Waals surface area (Å²) in [4.78, 5) is 26.9. The minimum Gasteiger partial charge on any atom is -0.333 e. The van der Waals surface area contributed by atoms with Gasteiger partial charge >= 0.3 is 0 Å².